The number of rotatable bonds is 3. The van der Waals surface area contributed by atoms with E-state index in [9.17, 15) is 4.79 Å². The van der Waals surface area contributed by atoms with E-state index in [2.05, 4.69) is 10.2 Å². The van der Waals surface area contributed by atoms with E-state index >= 15 is 0 Å². The Morgan fingerprint density at radius 1 is 1.06 bits per heavy atom. The molecule has 0 fully saturated rings. The molecule has 6 heteroatoms. The zero-order valence-electron chi connectivity index (χ0n) is 10.1. The van der Waals surface area contributed by atoms with Gasteiger partial charge in [0.15, 0.2) is 0 Å². The van der Waals surface area contributed by atoms with Crippen LogP contribution in [0.2, 0.25) is 10.0 Å². The van der Waals surface area contributed by atoms with Gasteiger partial charge in [-0.3, -0.25) is 15.0 Å². The zero-order chi connectivity index (χ0) is 13.5. The minimum atomic E-state index is -0.192. The molecule has 2 N–H and O–H groups in total. The fourth-order valence-corrected chi connectivity index (χ4v) is 1.73. The van der Waals surface area contributed by atoms with Gasteiger partial charge < -0.3 is 4.74 Å². The largest absolute Gasteiger partial charge is 0.487 e. The average molecular weight is 289 g/mol. The van der Waals surface area contributed by atoms with Crippen LogP contribution in [0.5, 0.6) is 5.75 Å². The molecule has 0 saturated heterocycles. The second-order valence-electron chi connectivity index (χ2n) is 3.18. The number of nitrogens with one attached hydrogen (secondary N) is 2. The molecule has 1 aromatic carbocycles. The number of H-pyrrole nitrogens is 2. The summed E-state index contributed by atoms with van der Waals surface area (Å²) in [5.74, 6) is 0.555. The van der Waals surface area contributed by atoms with Gasteiger partial charge in [0.05, 0.1) is 5.69 Å². The Bertz CT molecular complexity index is 529. The highest BCUT2D eigenvalue weighted by atomic mass is 35.5. The molecule has 0 aliphatic carbocycles. The van der Waals surface area contributed by atoms with Gasteiger partial charge in [0.25, 0.3) is 5.56 Å². The number of aromatic amines is 2. The first-order valence-corrected chi connectivity index (χ1v) is 6.24. The normalized spacial score (nSPS) is 9.56. The fourth-order valence-electron chi connectivity index (χ4n) is 1.22. The summed E-state index contributed by atoms with van der Waals surface area (Å²) in [5, 5.41) is 6.10. The number of halogens is 2. The van der Waals surface area contributed by atoms with Crippen LogP contribution in [0.3, 0.4) is 0 Å². The minimum Gasteiger partial charge on any atom is -0.487 e. The van der Waals surface area contributed by atoms with Crippen LogP contribution in [-0.4, -0.2) is 10.2 Å². The topological polar surface area (TPSA) is 57.9 Å². The van der Waals surface area contributed by atoms with Crippen LogP contribution in [0.15, 0.2) is 29.1 Å². The van der Waals surface area contributed by atoms with Crippen LogP contribution < -0.4 is 10.3 Å². The van der Waals surface area contributed by atoms with Crippen molar-refractivity contribution in [2.45, 2.75) is 20.5 Å². The van der Waals surface area contributed by atoms with Crippen molar-refractivity contribution >= 4 is 23.2 Å². The van der Waals surface area contributed by atoms with Gasteiger partial charge in [-0.2, -0.15) is 0 Å². The number of hydrogen-bond donors (Lipinski definition) is 2. The first-order chi connectivity index (χ1) is 8.63. The third kappa shape index (κ3) is 4.47. The van der Waals surface area contributed by atoms with Gasteiger partial charge in [0, 0.05) is 16.1 Å². The van der Waals surface area contributed by atoms with Crippen LogP contribution in [0.25, 0.3) is 0 Å². The lowest BCUT2D eigenvalue weighted by Crippen LogP contribution is -1.96. The number of hydrogen-bond acceptors (Lipinski definition) is 2. The first-order valence-electron chi connectivity index (χ1n) is 5.49. The van der Waals surface area contributed by atoms with Gasteiger partial charge in [-0.25, -0.2) is 0 Å². The summed E-state index contributed by atoms with van der Waals surface area (Å²) in [6.45, 7) is 4.25. The molecule has 98 valence electrons. The summed E-state index contributed by atoms with van der Waals surface area (Å²) in [6.07, 6.45) is 0. The zero-order valence-corrected chi connectivity index (χ0v) is 11.6. The van der Waals surface area contributed by atoms with Gasteiger partial charge in [0.1, 0.15) is 12.4 Å². The Morgan fingerprint density at radius 2 is 1.67 bits per heavy atom. The lowest BCUT2D eigenvalue weighted by atomic mass is 10.3. The highest BCUT2D eigenvalue weighted by molar-refractivity contribution is 6.34. The van der Waals surface area contributed by atoms with Crippen molar-refractivity contribution in [2.24, 2.45) is 0 Å². The van der Waals surface area contributed by atoms with Crippen LogP contribution in [0, 0.1) is 0 Å². The maximum Gasteiger partial charge on any atom is 0.264 e. The van der Waals surface area contributed by atoms with E-state index in [-0.39, 0.29) is 12.2 Å². The quantitative estimate of drug-likeness (QED) is 0.906. The van der Waals surface area contributed by atoms with E-state index in [1.54, 1.807) is 18.2 Å². The molecule has 0 amide bonds. The second-order valence-corrected chi connectivity index (χ2v) is 4.05. The minimum absolute atomic E-state index is 0.192. The van der Waals surface area contributed by atoms with Gasteiger partial charge >= 0.3 is 0 Å². The molecular formula is C12H14Cl2N2O2. The van der Waals surface area contributed by atoms with E-state index < -0.39 is 0 Å². The third-order valence-corrected chi connectivity index (χ3v) is 2.32. The highest BCUT2D eigenvalue weighted by Crippen LogP contribution is 2.24. The molecule has 0 aliphatic rings. The summed E-state index contributed by atoms with van der Waals surface area (Å²) in [4.78, 5) is 10.8. The predicted molar refractivity (Wildman–Crippen MR) is 73.6 cm³/mol. The Morgan fingerprint density at radius 3 is 2.17 bits per heavy atom. The average Bonchev–Trinajstić information content (AvgIpc) is 2.74. The molecule has 0 spiro atoms. The van der Waals surface area contributed by atoms with Gasteiger partial charge in [-0.05, 0) is 18.2 Å². The molecule has 0 aliphatic heterocycles. The molecule has 4 nitrogen and oxygen atoms in total. The molecule has 18 heavy (non-hydrogen) atoms. The number of benzene rings is 1. The van der Waals surface area contributed by atoms with Crippen molar-refractivity contribution < 1.29 is 4.74 Å². The summed E-state index contributed by atoms with van der Waals surface area (Å²) in [6, 6.07) is 6.34. The third-order valence-electron chi connectivity index (χ3n) is 1.88. The molecule has 2 aromatic rings. The van der Waals surface area contributed by atoms with E-state index in [0.717, 1.165) is 0 Å². The Balaban J connectivity index is 0.000000771. The molecule has 2 rings (SSSR count). The Labute approximate surface area is 115 Å². The van der Waals surface area contributed by atoms with Crippen LogP contribution >= 0.6 is 23.2 Å². The number of aromatic nitrogens is 2. The van der Waals surface area contributed by atoms with Crippen molar-refractivity contribution in [2.75, 3.05) is 0 Å². The van der Waals surface area contributed by atoms with Gasteiger partial charge in [0.2, 0.25) is 0 Å². The molecule has 0 radical (unpaired) electrons. The summed E-state index contributed by atoms with van der Waals surface area (Å²) in [7, 11) is 0. The smallest absolute Gasteiger partial charge is 0.264 e. The summed E-state index contributed by atoms with van der Waals surface area (Å²) in [5.41, 5.74) is 0.462. The summed E-state index contributed by atoms with van der Waals surface area (Å²) < 4.78 is 5.41. The van der Waals surface area contributed by atoms with Crippen molar-refractivity contribution in [1.82, 2.24) is 10.2 Å². The monoisotopic (exact) mass is 288 g/mol. The maximum atomic E-state index is 10.8. The Kier molecular flexibility index (Phi) is 5.82. The molecule has 0 unspecified atom stereocenters. The van der Waals surface area contributed by atoms with E-state index in [0.29, 0.717) is 21.5 Å². The van der Waals surface area contributed by atoms with Crippen molar-refractivity contribution in [3.63, 3.8) is 0 Å². The van der Waals surface area contributed by atoms with Crippen LogP contribution in [-0.2, 0) is 6.61 Å². The SMILES string of the molecule is CC.O=c1cc(COc2cc(Cl)cc(Cl)c2)[nH][nH]1. The first kappa shape index (κ1) is 14.7. The standard InChI is InChI=1S/C10H8Cl2N2O2.C2H6/c11-6-1-7(12)3-9(2-6)16-5-8-4-10(15)14-13-8;1-2/h1-4H,5H2,(H2,13,14,15);1-2H3. The molecule has 0 bridgehead atoms. The van der Waals surface area contributed by atoms with E-state index in [4.69, 9.17) is 27.9 Å². The fraction of sp³-hybridized carbons (Fsp3) is 0.250. The predicted octanol–water partition coefficient (Wildman–Crippen LogP) is 3.62. The Hall–Kier alpha value is -1.39. The lowest BCUT2D eigenvalue weighted by molar-refractivity contribution is 0.301. The van der Waals surface area contributed by atoms with Gasteiger partial charge in [-0.1, -0.05) is 37.0 Å². The summed E-state index contributed by atoms with van der Waals surface area (Å²) >= 11 is 11.6. The van der Waals surface area contributed by atoms with Gasteiger partial charge in [-0.15, -0.1) is 0 Å². The van der Waals surface area contributed by atoms with Crippen LogP contribution in [0.1, 0.15) is 19.5 Å². The molecule has 1 aromatic heterocycles. The highest BCUT2D eigenvalue weighted by Gasteiger charge is 2.01. The van der Waals surface area contributed by atoms with Crippen LogP contribution in [0.4, 0.5) is 0 Å². The van der Waals surface area contributed by atoms with Crippen molar-refractivity contribution in [3.05, 3.63) is 50.4 Å². The van der Waals surface area contributed by atoms with Crippen molar-refractivity contribution in [1.29, 1.82) is 0 Å². The lowest BCUT2D eigenvalue weighted by Gasteiger charge is -2.05. The van der Waals surface area contributed by atoms with Crippen molar-refractivity contribution in [3.8, 4) is 5.75 Å². The number of ether oxygens (including phenoxy) is 1. The second kappa shape index (κ2) is 7.13. The molecule has 0 atom stereocenters. The van der Waals surface area contributed by atoms with E-state index in [1.807, 2.05) is 13.8 Å². The molecular weight excluding hydrogens is 275 g/mol. The van der Waals surface area contributed by atoms with E-state index in [1.165, 1.54) is 6.07 Å². The molecule has 0 saturated carbocycles. The maximum absolute atomic E-state index is 10.8. The molecule has 1 heterocycles.